The number of carbonyl (C=O) groups is 1. The second-order valence-corrected chi connectivity index (χ2v) is 4.78. The van der Waals surface area contributed by atoms with E-state index in [1.165, 1.54) is 12.8 Å². The number of nitrogens with two attached hydrogens (primary N) is 1. The molecule has 2 rings (SSSR count). The summed E-state index contributed by atoms with van der Waals surface area (Å²) in [5.74, 6) is -0.388. The first kappa shape index (κ1) is 11.8. The van der Waals surface area contributed by atoms with E-state index in [4.69, 9.17) is 5.73 Å². The first-order valence-corrected chi connectivity index (χ1v) is 5.94. The van der Waals surface area contributed by atoms with Crippen LogP contribution in [0.1, 0.15) is 36.5 Å². The van der Waals surface area contributed by atoms with E-state index in [9.17, 15) is 9.90 Å². The molecule has 0 atom stereocenters. The summed E-state index contributed by atoms with van der Waals surface area (Å²) in [5.41, 5.74) is 6.32. The van der Waals surface area contributed by atoms with Gasteiger partial charge >= 0.3 is 0 Å². The van der Waals surface area contributed by atoms with E-state index in [0.29, 0.717) is 12.0 Å². The molecule has 1 aromatic rings. The average molecular weight is 234 g/mol. The van der Waals surface area contributed by atoms with Gasteiger partial charge in [0.15, 0.2) is 5.75 Å². The summed E-state index contributed by atoms with van der Waals surface area (Å²) in [4.78, 5) is 11.9. The molecular formula is C13H18N2O2. The Morgan fingerprint density at radius 1 is 1.53 bits per heavy atom. The number of anilines is 1. The average Bonchev–Trinajstić information content (AvgIpc) is 3.10. The fourth-order valence-electron chi connectivity index (χ4n) is 1.94. The Balaban J connectivity index is 2.02. The van der Waals surface area contributed by atoms with Crippen LogP contribution in [-0.2, 0) is 0 Å². The molecule has 0 bridgehead atoms. The molecule has 4 nitrogen and oxygen atoms in total. The van der Waals surface area contributed by atoms with Crippen LogP contribution in [0.4, 0.5) is 5.69 Å². The first-order chi connectivity index (χ1) is 8.08. The standard InChI is InChI=1S/C13H18N2O2/c1-2-13(6-7-13)8-15-12(17)9-4-3-5-10(14)11(9)16/h3-5,16H,2,6-8,14H2,1H3,(H,15,17). The lowest BCUT2D eigenvalue weighted by atomic mass is 10.0. The Morgan fingerprint density at radius 3 is 2.82 bits per heavy atom. The summed E-state index contributed by atoms with van der Waals surface area (Å²) in [7, 11) is 0. The number of benzene rings is 1. The highest BCUT2D eigenvalue weighted by molar-refractivity contribution is 5.98. The van der Waals surface area contributed by atoms with E-state index in [0.717, 1.165) is 6.42 Å². The molecule has 4 N–H and O–H groups in total. The summed E-state index contributed by atoms with van der Waals surface area (Å²) >= 11 is 0. The minimum atomic E-state index is -0.255. The molecule has 1 amide bonds. The Bertz CT molecular complexity index is 439. The van der Waals surface area contributed by atoms with Crippen LogP contribution in [-0.4, -0.2) is 17.6 Å². The molecule has 1 aromatic carbocycles. The number of nitrogens with one attached hydrogen (secondary N) is 1. The monoisotopic (exact) mass is 234 g/mol. The maximum Gasteiger partial charge on any atom is 0.255 e. The number of hydrogen-bond acceptors (Lipinski definition) is 3. The van der Waals surface area contributed by atoms with Crippen molar-refractivity contribution in [1.29, 1.82) is 0 Å². The van der Waals surface area contributed by atoms with E-state index in [2.05, 4.69) is 12.2 Å². The molecule has 1 aliphatic carbocycles. The highest BCUT2D eigenvalue weighted by Crippen LogP contribution is 2.47. The van der Waals surface area contributed by atoms with E-state index >= 15 is 0 Å². The van der Waals surface area contributed by atoms with Gasteiger partial charge < -0.3 is 16.2 Å². The highest BCUT2D eigenvalue weighted by Gasteiger charge is 2.40. The van der Waals surface area contributed by atoms with Gasteiger partial charge in [0.1, 0.15) is 0 Å². The highest BCUT2D eigenvalue weighted by atomic mass is 16.3. The van der Waals surface area contributed by atoms with Crippen molar-refractivity contribution >= 4 is 11.6 Å². The predicted octanol–water partition coefficient (Wildman–Crippen LogP) is 1.89. The van der Waals surface area contributed by atoms with Crippen LogP contribution in [0.5, 0.6) is 5.75 Å². The van der Waals surface area contributed by atoms with Crippen LogP contribution in [0.15, 0.2) is 18.2 Å². The van der Waals surface area contributed by atoms with Crippen molar-refractivity contribution in [3.05, 3.63) is 23.8 Å². The van der Waals surface area contributed by atoms with Crippen LogP contribution in [0.25, 0.3) is 0 Å². The second-order valence-electron chi connectivity index (χ2n) is 4.78. The minimum Gasteiger partial charge on any atom is -0.505 e. The fourth-order valence-corrected chi connectivity index (χ4v) is 1.94. The zero-order chi connectivity index (χ0) is 12.5. The molecule has 0 aromatic heterocycles. The Morgan fingerprint density at radius 2 is 2.24 bits per heavy atom. The number of phenols is 1. The van der Waals surface area contributed by atoms with E-state index in [1.807, 2.05) is 0 Å². The maximum atomic E-state index is 11.9. The summed E-state index contributed by atoms with van der Waals surface area (Å²) in [6.07, 6.45) is 3.43. The van der Waals surface area contributed by atoms with Crippen molar-refractivity contribution in [2.45, 2.75) is 26.2 Å². The van der Waals surface area contributed by atoms with E-state index in [-0.39, 0.29) is 22.9 Å². The lowest BCUT2D eigenvalue weighted by Crippen LogP contribution is -2.30. The number of amides is 1. The topological polar surface area (TPSA) is 75.4 Å². The molecule has 17 heavy (non-hydrogen) atoms. The Kier molecular flexibility index (Phi) is 2.96. The number of nitrogen functional groups attached to an aromatic ring is 1. The van der Waals surface area contributed by atoms with Gasteiger partial charge in [-0.15, -0.1) is 0 Å². The predicted molar refractivity (Wildman–Crippen MR) is 66.8 cm³/mol. The molecule has 1 saturated carbocycles. The third-order valence-corrected chi connectivity index (χ3v) is 3.64. The smallest absolute Gasteiger partial charge is 0.255 e. The number of rotatable bonds is 4. The van der Waals surface area contributed by atoms with Gasteiger partial charge in [-0.2, -0.15) is 0 Å². The number of phenolic OH excluding ortho intramolecular Hbond substituents is 1. The second kappa shape index (κ2) is 4.28. The van der Waals surface area contributed by atoms with Gasteiger partial charge in [0, 0.05) is 6.54 Å². The summed E-state index contributed by atoms with van der Waals surface area (Å²) in [6, 6.07) is 4.81. The molecule has 0 unspecified atom stereocenters. The first-order valence-electron chi connectivity index (χ1n) is 5.94. The van der Waals surface area contributed by atoms with E-state index < -0.39 is 0 Å². The maximum absolute atomic E-state index is 11.9. The van der Waals surface area contributed by atoms with Gasteiger partial charge in [0.25, 0.3) is 5.91 Å². The lowest BCUT2D eigenvalue weighted by molar-refractivity contribution is 0.0942. The van der Waals surface area contributed by atoms with Crippen molar-refractivity contribution in [3.63, 3.8) is 0 Å². The molecule has 92 valence electrons. The molecular weight excluding hydrogens is 216 g/mol. The van der Waals surface area contributed by atoms with Crippen LogP contribution in [0.3, 0.4) is 0 Å². The summed E-state index contributed by atoms with van der Waals surface area (Å²) < 4.78 is 0. The third-order valence-electron chi connectivity index (χ3n) is 3.64. The van der Waals surface area contributed by atoms with Crippen LogP contribution < -0.4 is 11.1 Å². The Labute approximate surface area is 101 Å². The molecule has 1 aliphatic rings. The Hall–Kier alpha value is -1.71. The van der Waals surface area contributed by atoms with Crippen molar-refractivity contribution in [1.82, 2.24) is 5.32 Å². The lowest BCUT2D eigenvalue weighted by Gasteiger charge is -2.14. The fraction of sp³-hybridized carbons (Fsp3) is 0.462. The SMILES string of the molecule is CCC1(CNC(=O)c2cccc(N)c2O)CC1. The molecule has 1 fully saturated rings. The van der Waals surface area contributed by atoms with Crippen LogP contribution in [0.2, 0.25) is 0 Å². The largest absolute Gasteiger partial charge is 0.505 e. The molecule has 0 radical (unpaired) electrons. The third kappa shape index (κ3) is 2.35. The van der Waals surface area contributed by atoms with Gasteiger partial charge in [-0.1, -0.05) is 13.0 Å². The number of aromatic hydroxyl groups is 1. The van der Waals surface area contributed by atoms with Crippen molar-refractivity contribution in [2.24, 2.45) is 5.41 Å². The quantitative estimate of drug-likeness (QED) is 0.550. The van der Waals surface area contributed by atoms with Crippen molar-refractivity contribution in [3.8, 4) is 5.75 Å². The van der Waals surface area contributed by atoms with Gasteiger partial charge in [0.2, 0.25) is 0 Å². The molecule has 0 heterocycles. The van der Waals surface area contributed by atoms with Gasteiger partial charge in [0.05, 0.1) is 11.3 Å². The summed E-state index contributed by atoms with van der Waals surface area (Å²) in [6.45, 7) is 2.81. The molecule has 0 spiro atoms. The van der Waals surface area contributed by atoms with Crippen molar-refractivity contribution in [2.75, 3.05) is 12.3 Å². The minimum absolute atomic E-state index is 0.133. The van der Waals surface area contributed by atoms with Gasteiger partial charge in [-0.3, -0.25) is 4.79 Å². The summed E-state index contributed by atoms with van der Waals surface area (Å²) in [5, 5.41) is 12.6. The molecule has 0 aliphatic heterocycles. The van der Waals surface area contributed by atoms with Crippen molar-refractivity contribution < 1.29 is 9.90 Å². The van der Waals surface area contributed by atoms with Crippen LogP contribution in [0, 0.1) is 5.41 Å². The zero-order valence-corrected chi connectivity index (χ0v) is 9.99. The zero-order valence-electron chi connectivity index (χ0n) is 9.99. The van der Waals surface area contributed by atoms with E-state index in [1.54, 1.807) is 18.2 Å². The number of carbonyl (C=O) groups excluding carboxylic acids is 1. The van der Waals surface area contributed by atoms with Crippen LogP contribution >= 0.6 is 0 Å². The molecule has 4 heteroatoms. The number of hydrogen-bond donors (Lipinski definition) is 3. The van der Waals surface area contributed by atoms with Gasteiger partial charge in [-0.05, 0) is 36.8 Å². The van der Waals surface area contributed by atoms with Gasteiger partial charge in [-0.25, -0.2) is 0 Å². The molecule has 0 saturated heterocycles. The normalized spacial score (nSPS) is 16.5. The number of para-hydroxylation sites is 1.